The summed E-state index contributed by atoms with van der Waals surface area (Å²) < 4.78 is 0. The summed E-state index contributed by atoms with van der Waals surface area (Å²) in [5.74, 6) is 0. The van der Waals surface area contributed by atoms with Gasteiger partial charge in [0.05, 0.1) is 11.4 Å². The van der Waals surface area contributed by atoms with Crippen LogP contribution in [0.4, 0.5) is 0 Å². The van der Waals surface area contributed by atoms with E-state index < -0.39 is 0 Å². The molecule has 0 bridgehead atoms. The first-order valence-electron chi connectivity index (χ1n) is 3.66. The molecule has 0 aromatic carbocycles. The molecule has 0 aliphatic rings. The van der Waals surface area contributed by atoms with Crippen LogP contribution in [-0.2, 0) is 5.41 Å². The van der Waals surface area contributed by atoms with E-state index in [0.29, 0.717) is 0 Å². The SMILES string of the molecule is Cc1nncnc1C(C)(C)C. The van der Waals surface area contributed by atoms with E-state index in [0.717, 1.165) is 11.4 Å². The molecule has 0 radical (unpaired) electrons. The van der Waals surface area contributed by atoms with Crippen molar-refractivity contribution in [3.63, 3.8) is 0 Å². The maximum atomic E-state index is 4.18. The monoisotopic (exact) mass is 151 g/mol. The molecule has 0 atom stereocenters. The van der Waals surface area contributed by atoms with Crippen LogP contribution >= 0.6 is 0 Å². The molecule has 60 valence electrons. The van der Waals surface area contributed by atoms with E-state index in [1.807, 2.05) is 6.92 Å². The Morgan fingerprint density at radius 2 is 1.91 bits per heavy atom. The average molecular weight is 151 g/mol. The van der Waals surface area contributed by atoms with Crippen molar-refractivity contribution in [3.05, 3.63) is 17.7 Å². The third-order valence-corrected chi connectivity index (χ3v) is 1.50. The molecule has 1 aromatic rings. The van der Waals surface area contributed by atoms with Crippen LogP contribution in [0.3, 0.4) is 0 Å². The summed E-state index contributed by atoms with van der Waals surface area (Å²) in [6.45, 7) is 8.28. The van der Waals surface area contributed by atoms with E-state index in [1.54, 1.807) is 0 Å². The lowest BCUT2D eigenvalue weighted by Gasteiger charge is -2.17. The van der Waals surface area contributed by atoms with Gasteiger partial charge in [0.15, 0.2) is 0 Å². The first kappa shape index (κ1) is 8.11. The predicted molar refractivity (Wildman–Crippen MR) is 43.3 cm³/mol. The van der Waals surface area contributed by atoms with Crippen molar-refractivity contribution in [2.75, 3.05) is 0 Å². The largest absolute Gasteiger partial charge is 0.237 e. The molecule has 0 aliphatic heterocycles. The highest BCUT2D eigenvalue weighted by Gasteiger charge is 2.18. The van der Waals surface area contributed by atoms with Crippen LogP contribution in [0.25, 0.3) is 0 Å². The molecule has 0 aliphatic carbocycles. The van der Waals surface area contributed by atoms with Crippen molar-refractivity contribution >= 4 is 0 Å². The van der Waals surface area contributed by atoms with Crippen LogP contribution in [0.5, 0.6) is 0 Å². The van der Waals surface area contributed by atoms with Gasteiger partial charge < -0.3 is 0 Å². The molecular weight excluding hydrogens is 138 g/mol. The van der Waals surface area contributed by atoms with Crippen molar-refractivity contribution in [1.82, 2.24) is 15.2 Å². The second kappa shape index (κ2) is 2.57. The van der Waals surface area contributed by atoms with Crippen molar-refractivity contribution in [2.24, 2.45) is 0 Å². The summed E-state index contributed by atoms with van der Waals surface area (Å²) >= 11 is 0. The van der Waals surface area contributed by atoms with Gasteiger partial charge >= 0.3 is 0 Å². The minimum Gasteiger partial charge on any atom is -0.237 e. The predicted octanol–water partition coefficient (Wildman–Crippen LogP) is 1.48. The fourth-order valence-electron chi connectivity index (χ4n) is 1.07. The van der Waals surface area contributed by atoms with Gasteiger partial charge in [0, 0.05) is 5.41 Å². The number of aromatic nitrogens is 3. The highest BCUT2D eigenvalue weighted by Crippen LogP contribution is 2.20. The molecule has 1 heterocycles. The highest BCUT2D eigenvalue weighted by atomic mass is 15.1. The highest BCUT2D eigenvalue weighted by molar-refractivity contribution is 5.15. The van der Waals surface area contributed by atoms with Crippen LogP contribution in [0.2, 0.25) is 0 Å². The smallest absolute Gasteiger partial charge is 0.138 e. The zero-order valence-corrected chi connectivity index (χ0v) is 7.42. The van der Waals surface area contributed by atoms with Crippen molar-refractivity contribution in [2.45, 2.75) is 33.1 Å². The number of hydrogen-bond acceptors (Lipinski definition) is 3. The lowest BCUT2D eigenvalue weighted by atomic mass is 9.91. The summed E-state index contributed by atoms with van der Waals surface area (Å²) in [6, 6.07) is 0. The molecule has 0 saturated carbocycles. The molecule has 3 heteroatoms. The first-order chi connectivity index (χ1) is 5.02. The number of aryl methyl sites for hydroxylation is 1. The summed E-state index contributed by atoms with van der Waals surface area (Å²) in [7, 11) is 0. The Morgan fingerprint density at radius 1 is 1.27 bits per heavy atom. The van der Waals surface area contributed by atoms with Crippen LogP contribution in [0.15, 0.2) is 6.33 Å². The Kier molecular flexibility index (Phi) is 1.89. The molecule has 0 amide bonds. The number of nitrogens with zero attached hydrogens (tertiary/aromatic N) is 3. The van der Waals surface area contributed by atoms with Gasteiger partial charge in [-0.2, -0.15) is 5.10 Å². The molecule has 11 heavy (non-hydrogen) atoms. The third-order valence-electron chi connectivity index (χ3n) is 1.50. The molecule has 0 N–H and O–H groups in total. The summed E-state index contributed by atoms with van der Waals surface area (Å²) in [4.78, 5) is 4.18. The molecule has 1 aromatic heterocycles. The van der Waals surface area contributed by atoms with E-state index in [2.05, 4.69) is 36.0 Å². The maximum absolute atomic E-state index is 4.18. The summed E-state index contributed by atoms with van der Waals surface area (Å²) in [5, 5.41) is 7.63. The zero-order chi connectivity index (χ0) is 8.48. The second-order valence-electron chi connectivity index (χ2n) is 3.64. The van der Waals surface area contributed by atoms with Crippen molar-refractivity contribution in [3.8, 4) is 0 Å². The first-order valence-corrected chi connectivity index (χ1v) is 3.66. The van der Waals surface area contributed by atoms with E-state index in [9.17, 15) is 0 Å². The Bertz CT molecular complexity index is 250. The lowest BCUT2D eigenvalue weighted by Crippen LogP contribution is -2.16. The normalized spacial score (nSPS) is 11.6. The van der Waals surface area contributed by atoms with Crippen LogP contribution in [0.1, 0.15) is 32.2 Å². The van der Waals surface area contributed by atoms with E-state index >= 15 is 0 Å². The van der Waals surface area contributed by atoms with Crippen LogP contribution < -0.4 is 0 Å². The van der Waals surface area contributed by atoms with Gasteiger partial charge in [0.25, 0.3) is 0 Å². The van der Waals surface area contributed by atoms with Crippen LogP contribution in [-0.4, -0.2) is 15.2 Å². The van der Waals surface area contributed by atoms with Gasteiger partial charge in [-0.15, -0.1) is 5.10 Å². The van der Waals surface area contributed by atoms with E-state index in [1.165, 1.54) is 6.33 Å². The average Bonchev–Trinajstić information content (AvgIpc) is 1.86. The molecule has 0 fully saturated rings. The quantitative estimate of drug-likeness (QED) is 0.563. The summed E-state index contributed by atoms with van der Waals surface area (Å²) in [6.07, 6.45) is 1.49. The molecule has 0 saturated heterocycles. The number of hydrogen-bond donors (Lipinski definition) is 0. The molecule has 0 unspecified atom stereocenters. The summed E-state index contributed by atoms with van der Waals surface area (Å²) in [5.41, 5.74) is 2.01. The van der Waals surface area contributed by atoms with Gasteiger partial charge in [0.1, 0.15) is 6.33 Å². The van der Waals surface area contributed by atoms with Gasteiger partial charge in [-0.1, -0.05) is 20.8 Å². The molecular formula is C8H13N3. The van der Waals surface area contributed by atoms with Gasteiger partial charge in [-0.25, -0.2) is 4.98 Å². The molecule has 1 rings (SSSR count). The Morgan fingerprint density at radius 3 is 2.27 bits per heavy atom. The minimum absolute atomic E-state index is 0.0695. The maximum Gasteiger partial charge on any atom is 0.138 e. The lowest BCUT2D eigenvalue weighted by molar-refractivity contribution is 0.553. The molecule has 3 nitrogen and oxygen atoms in total. The second-order valence-corrected chi connectivity index (χ2v) is 3.64. The molecule has 0 spiro atoms. The van der Waals surface area contributed by atoms with Gasteiger partial charge in [-0.05, 0) is 6.92 Å². The van der Waals surface area contributed by atoms with Crippen LogP contribution in [0, 0.1) is 6.92 Å². The fourth-order valence-corrected chi connectivity index (χ4v) is 1.07. The fraction of sp³-hybridized carbons (Fsp3) is 0.625. The zero-order valence-electron chi connectivity index (χ0n) is 7.42. The Labute approximate surface area is 66.9 Å². The van der Waals surface area contributed by atoms with Crippen molar-refractivity contribution < 1.29 is 0 Å². The standard InChI is InChI=1S/C8H13N3/c1-6-7(8(2,3)4)9-5-10-11-6/h5H,1-4H3. The number of rotatable bonds is 0. The van der Waals surface area contributed by atoms with Crippen molar-refractivity contribution in [1.29, 1.82) is 0 Å². The van der Waals surface area contributed by atoms with E-state index in [-0.39, 0.29) is 5.41 Å². The van der Waals surface area contributed by atoms with E-state index in [4.69, 9.17) is 0 Å². The van der Waals surface area contributed by atoms with Gasteiger partial charge in [-0.3, -0.25) is 0 Å². The Hall–Kier alpha value is -0.990. The van der Waals surface area contributed by atoms with Gasteiger partial charge in [0.2, 0.25) is 0 Å². The minimum atomic E-state index is 0.0695. The third kappa shape index (κ3) is 1.73. The topological polar surface area (TPSA) is 38.7 Å². The Balaban J connectivity index is 3.14.